The first-order valence-corrected chi connectivity index (χ1v) is 7.91. The van der Waals surface area contributed by atoms with Gasteiger partial charge in [0, 0.05) is 17.1 Å². The molecule has 106 valence electrons. The van der Waals surface area contributed by atoms with Crippen LogP contribution in [0.25, 0.3) is 0 Å². The topological polar surface area (TPSA) is 42.7 Å². The number of aromatic nitrogens is 3. The Hall–Kier alpha value is -1.20. The second kappa shape index (κ2) is 6.06. The molecule has 3 rings (SSSR count). The third-order valence-corrected chi connectivity index (χ3v) is 4.54. The molecule has 0 bridgehead atoms. The molecule has 0 spiro atoms. The van der Waals surface area contributed by atoms with Crippen LogP contribution < -0.4 is 5.32 Å². The highest BCUT2D eigenvalue weighted by atomic mass is 79.9. The Morgan fingerprint density at radius 2 is 2.25 bits per heavy atom. The minimum atomic E-state index is 0.598. The van der Waals surface area contributed by atoms with Gasteiger partial charge in [-0.2, -0.15) is 0 Å². The van der Waals surface area contributed by atoms with E-state index in [9.17, 15) is 0 Å². The normalized spacial score (nSPS) is 21.7. The first-order valence-electron chi connectivity index (χ1n) is 7.11. The van der Waals surface area contributed by atoms with E-state index in [2.05, 4.69) is 67.2 Å². The van der Waals surface area contributed by atoms with Crippen LogP contribution in [0, 0.1) is 0 Å². The van der Waals surface area contributed by atoms with Gasteiger partial charge in [-0.1, -0.05) is 28.1 Å². The van der Waals surface area contributed by atoms with Crippen molar-refractivity contribution in [2.45, 2.75) is 44.8 Å². The first-order chi connectivity index (χ1) is 9.76. The number of hydrogen-bond donors (Lipinski definition) is 1. The zero-order valence-electron chi connectivity index (χ0n) is 11.6. The van der Waals surface area contributed by atoms with Crippen LogP contribution in [0.1, 0.15) is 37.1 Å². The fourth-order valence-corrected chi connectivity index (χ4v) is 3.15. The Kier molecular flexibility index (Phi) is 4.17. The summed E-state index contributed by atoms with van der Waals surface area (Å²) in [6.45, 7) is 3.85. The van der Waals surface area contributed by atoms with Gasteiger partial charge in [0.25, 0.3) is 0 Å². The van der Waals surface area contributed by atoms with Crippen LogP contribution in [0.2, 0.25) is 0 Å². The number of nitrogens with zero attached hydrogens (tertiary/aromatic N) is 3. The quantitative estimate of drug-likeness (QED) is 0.913. The molecular formula is C15H19BrN4. The minimum Gasteiger partial charge on any atom is -0.317 e. The van der Waals surface area contributed by atoms with Crippen LogP contribution in [0.15, 0.2) is 35.1 Å². The maximum atomic E-state index is 4.15. The molecule has 0 aliphatic heterocycles. The molecule has 20 heavy (non-hydrogen) atoms. The van der Waals surface area contributed by atoms with Crippen LogP contribution in [0.4, 0.5) is 0 Å². The molecule has 0 unspecified atom stereocenters. The maximum absolute atomic E-state index is 4.15. The zero-order chi connectivity index (χ0) is 13.9. The van der Waals surface area contributed by atoms with Crippen molar-refractivity contribution in [1.29, 1.82) is 0 Å². The summed E-state index contributed by atoms with van der Waals surface area (Å²) in [5, 5.41) is 11.7. The van der Waals surface area contributed by atoms with Gasteiger partial charge >= 0.3 is 0 Å². The predicted molar refractivity (Wildman–Crippen MR) is 82.4 cm³/mol. The lowest BCUT2D eigenvalue weighted by atomic mass is 9.76. The highest BCUT2D eigenvalue weighted by Crippen LogP contribution is 2.37. The summed E-state index contributed by atoms with van der Waals surface area (Å²) in [7, 11) is 0. The maximum Gasteiger partial charge on any atom is 0.146 e. The lowest BCUT2D eigenvalue weighted by molar-refractivity contribution is 0.286. The molecule has 0 atom stereocenters. The molecule has 1 aromatic heterocycles. The van der Waals surface area contributed by atoms with Gasteiger partial charge in [0.05, 0.1) is 6.54 Å². The molecular weight excluding hydrogens is 316 g/mol. The molecule has 4 nitrogen and oxygen atoms in total. The van der Waals surface area contributed by atoms with Gasteiger partial charge < -0.3 is 9.88 Å². The highest BCUT2D eigenvalue weighted by Gasteiger charge is 2.30. The van der Waals surface area contributed by atoms with Crippen LogP contribution in [-0.4, -0.2) is 20.8 Å². The van der Waals surface area contributed by atoms with Crippen molar-refractivity contribution in [1.82, 2.24) is 20.1 Å². The third kappa shape index (κ3) is 2.94. The molecule has 1 heterocycles. The van der Waals surface area contributed by atoms with E-state index in [0.29, 0.717) is 12.0 Å². The summed E-state index contributed by atoms with van der Waals surface area (Å²) in [4.78, 5) is 0. The van der Waals surface area contributed by atoms with E-state index >= 15 is 0 Å². The monoisotopic (exact) mass is 334 g/mol. The lowest BCUT2D eigenvalue weighted by Gasteiger charge is -2.36. The Bertz CT molecular complexity index is 575. The number of halogens is 1. The van der Waals surface area contributed by atoms with E-state index < -0.39 is 0 Å². The molecule has 1 aliphatic rings. The molecule has 1 fully saturated rings. The van der Waals surface area contributed by atoms with Crippen molar-refractivity contribution in [2.24, 2.45) is 0 Å². The molecule has 5 heteroatoms. The van der Waals surface area contributed by atoms with Crippen molar-refractivity contribution in [2.75, 3.05) is 0 Å². The Morgan fingerprint density at radius 3 is 3.00 bits per heavy atom. The van der Waals surface area contributed by atoms with E-state index in [1.165, 1.54) is 22.9 Å². The largest absolute Gasteiger partial charge is 0.317 e. The Labute approximate surface area is 127 Å². The van der Waals surface area contributed by atoms with Gasteiger partial charge in [-0.05, 0) is 43.4 Å². The smallest absolute Gasteiger partial charge is 0.146 e. The number of aryl methyl sites for hydroxylation is 1. The summed E-state index contributed by atoms with van der Waals surface area (Å²) >= 11 is 3.54. The standard InChI is InChI=1S/C15H19BrN4/c1-2-20-10-18-19-15(20)9-17-14-7-12(8-14)11-4-3-5-13(16)6-11/h3-6,10,12,14,17H,2,7-9H2,1H3. The molecule has 1 aliphatic carbocycles. The second-order valence-corrected chi connectivity index (χ2v) is 6.25. The van der Waals surface area contributed by atoms with Crippen molar-refractivity contribution in [3.8, 4) is 0 Å². The second-order valence-electron chi connectivity index (χ2n) is 5.33. The first kappa shape index (κ1) is 13.8. The lowest BCUT2D eigenvalue weighted by Crippen LogP contribution is -2.40. The minimum absolute atomic E-state index is 0.598. The predicted octanol–water partition coefficient (Wildman–Crippen LogP) is 3.10. The molecule has 1 N–H and O–H groups in total. The average molecular weight is 335 g/mol. The van der Waals surface area contributed by atoms with Crippen LogP contribution in [-0.2, 0) is 13.1 Å². The summed E-state index contributed by atoms with van der Waals surface area (Å²) in [6.07, 6.45) is 4.20. The molecule has 0 amide bonds. The van der Waals surface area contributed by atoms with E-state index in [1.54, 1.807) is 6.33 Å². The summed E-state index contributed by atoms with van der Waals surface area (Å²) < 4.78 is 3.25. The molecule has 1 aromatic carbocycles. The third-order valence-electron chi connectivity index (χ3n) is 4.04. The van der Waals surface area contributed by atoms with Gasteiger partial charge in [0.15, 0.2) is 0 Å². The van der Waals surface area contributed by atoms with Gasteiger partial charge in [-0.15, -0.1) is 10.2 Å². The fraction of sp³-hybridized carbons (Fsp3) is 0.467. The zero-order valence-corrected chi connectivity index (χ0v) is 13.2. The van der Waals surface area contributed by atoms with Crippen molar-refractivity contribution < 1.29 is 0 Å². The summed E-state index contributed by atoms with van der Waals surface area (Å²) in [5.74, 6) is 1.72. The van der Waals surface area contributed by atoms with Gasteiger partial charge in [-0.3, -0.25) is 0 Å². The van der Waals surface area contributed by atoms with Crippen molar-refractivity contribution in [3.63, 3.8) is 0 Å². The van der Waals surface area contributed by atoms with Crippen LogP contribution in [0.5, 0.6) is 0 Å². The molecule has 1 saturated carbocycles. The highest BCUT2D eigenvalue weighted by molar-refractivity contribution is 9.10. The summed E-state index contributed by atoms with van der Waals surface area (Å²) in [5.41, 5.74) is 1.44. The Morgan fingerprint density at radius 1 is 1.40 bits per heavy atom. The number of benzene rings is 1. The van der Waals surface area contributed by atoms with Crippen LogP contribution >= 0.6 is 15.9 Å². The number of rotatable bonds is 5. The molecule has 0 saturated heterocycles. The average Bonchev–Trinajstić information content (AvgIpc) is 2.84. The van der Waals surface area contributed by atoms with E-state index in [-0.39, 0.29) is 0 Å². The Balaban J connectivity index is 1.49. The van der Waals surface area contributed by atoms with E-state index in [1.807, 2.05) is 0 Å². The van der Waals surface area contributed by atoms with Gasteiger partial charge in [0.1, 0.15) is 12.2 Å². The van der Waals surface area contributed by atoms with Gasteiger partial charge in [0.2, 0.25) is 0 Å². The van der Waals surface area contributed by atoms with Gasteiger partial charge in [-0.25, -0.2) is 0 Å². The van der Waals surface area contributed by atoms with E-state index in [0.717, 1.165) is 18.9 Å². The van der Waals surface area contributed by atoms with Crippen LogP contribution in [0.3, 0.4) is 0 Å². The molecule has 0 radical (unpaired) electrons. The van der Waals surface area contributed by atoms with Crippen molar-refractivity contribution >= 4 is 15.9 Å². The number of nitrogens with one attached hydrogen (secondary N) is 1. The molecule has 2 aromatic rings. The number of hydrogen-bond acceptors (Lipinski definition) is 3. The van der Waals surface area contributed by atoms with E-state index in [4.69, 9.17) is 0 Å². The van der Waals surface area contributed by atoms with Crippen molar-refractivity contribution in [3.05, 3.63) is 46.5 Å². The summed E-state index contributed by atoms with van der Waals surface area (Å²) in [6, 6.07) is 9.24. The fourth-order valence-electron chi connectivity index (χ4n) is 2.73. The SMILES string of the molecule is CCn1cnnc1CNC1CC(c2cccc(Br)c2)C1.